The van der Waals surface area contributed by atoms with E-state index in [4.69, 9.17) is 9.26 Å². The Labute approximate surface area is 158 Å². The first-order valence-corrected chi connectivity index (χ1v) is 8.90. The molecule has 0 fully saturated rings. The normalized spacial score (nSPS) is 13.4. The molecular weight excluding hydrogens is 348 g/mol. The van der Waals surface area contributed by atoms with Crippen molar-refractivity contribution >= 4 is 11.8 Å². The van der Waals surface area contributed by atoms with E-state index in [0.29, 0.717) is 43.1 Å². The van der Waals surface area contributed by atoms with Crippen molar-refractivity contribution in [1.82, 2.24) is 20.3 Å². The fourth-order valence-corrected chi connectivity index (χ4v) is 2.83. The molecule has 0 bridgehead atoms. The van der Waals surface area contributed by atoms with E-state index >= 15 is 0 Å². The maximum absolute atomic E-state index is 12.5. The van der Waals surface area contributed by atoms with Crippen LogP contribution < -0.4 is 10.1 Å². The second kappa shape index (κ2) is 8.68. The lowest BCUT2D eigenvalue weighted by atomic mass is 10.1. The van der Waals surface area contributed by atoms with E-state index in [9.17, 15) is 9.59 Å². The molecule has 27 heavy (non-hydrogen) atoms. The number of hydrogen-bond donors (Lipinski definition) is 1. The number of nitrogens with one attached hydrogen (secondary N) is 1. The number of para-hydroxylation sites is 1. The molecule has 1 aliphatic rings. The number of fused-ring (bicyclic) bond motifs is 1. The van der Waals surface area contributed by atoms with Gasteiger partial charge in [0.2, 0.25) is 0 Å². The summed E-state index contributed by atoms with van der Waals surface area (Å²) < 4.78 is 10.8. The summed E-state index contributed by atoms with van der Waals surface area (Å²) in [5.74, 6) is 0.900. The number of carbonyl (C=O) groups excluding carboxylic acids is 2. The molecule has 8 heteroatoms. The van der Waals surface area contributed by atoms with Gasteiger partial charge < -0.3 is 24.4 Å². The summed E-state index contributed by atoms with van der Waals surface area (Å²) >= 11 is 0. The van der Waals surface area contributed by atoms with Gasteiger partial charge in [-0.25, -0.2) is 0 Å². The second-order valence-corrected chi connectivity index (χ2v) is 6.66. The number of likely N-dealkylation sites (N-methyl/N-ethyl adjacent to an activating group) is 1. The molecule has 1 aromatic carbocycles. The van der Waals surface area contributed by atoms with E-state index < -0.39 is 0 Å². The molecule has 1 aliphatic heterocycles. The van der Waals surface area contributed by atoms with E-state index in [1.807, 2.05) is 37.2 Å². The molecule has 0 unspecified atom stereocenters. The van der Waals surface area contributed by atoms with Crippen molar-refractivity contribution in [3.05, 3.63) is 47.3 Å². The highest BCUT2D eigenvalue weighted by molar-refractivity contribution is 5.94. The van der Waals surface area contributed by atoms with Crippen LogP contribution in [0.1, 0.15) is 21.8 Å². The number of rotatable bonds is 7. The second-order valence-electron chi connectivity index (χ2n) is 6.66. The Bertz CT molecular complexity index is 788. The molecule has 144 valence electrons. The summed E-state index contributed by atoms with van der Waals surface area (Å²) in [6.07, 6.45) is 0.532. The van der Waals surface area contributed by atoms with Crippen molar-refractivity contribution in [2.75, 3.05) is 40.3 Å². The largest absolute Gasteiger partial charge is 0.484 e. The highest BCUT2D eigenvalue weighted by Gasteiger charge is 2.29. The van der Waals surface area contributed by atoms with Crippen LogP contribution in [0.15, 0.2) is 34.9 Å². The van der Waals surface area contributed by atoms with E-state index in [0.717, 1.165) is 6.54 Å². The lowest BCUT2D eigenvalue weighted by Gasteiger charge is -2.26. The van der Waals surface area contributed by atoms with Crippen LogP contribution in [0.4, 0.5) is 0 Å². The van der Waals surface area contributed by atoms with Gasteiger partial charge in [-0.15, -0.1) is 0 Å². The van der Waals surface area contributed by atoms with Gasteiger partial charge in [0.25, 0.3) is 11.8 Å². The Morgan fingerprint density at radius 2 is 2.07 bits per heavy atom. The first kappa shape index (κ1) is 18.9. The van der Waals surface area contributed by atoms with Crippen LogP contribution in [0.25, 0.3) is 0 Å². The third-order valence-electron chi connectivity index (χ3n) is 4.35. The van der Waals surface area contributed by atoms with Crippen LogP contribution in [-0.2, 0) is 17.8 Å². The minimum Gasteiger partial charge on any atom is -0.484 e. The number of ether oxygens (including phenoxy) is 1. The Kier molecular flexibility index (Phi) is 6.08. The van der Waals surface area contributed by atoms with Crippen LogP contribution in [-0.4, -0.2) is 67.1 Å². The Morgan fingerprint density at radius 3 is 2.81 bits per heavy atom. The zero-order valence-corrected chi connectivity index (χ0v) is 15.6. The number of aromatic nitrogens is 1. The highest BCUT2D eigenvalue weighted by atomic mass is 16.5. The molecule has 2 heterocycles. The monoisotopic (exact) mass is 372 g/mol. The van der Waals surface area contributed by atoms with Gasteiger partial charge in [0.05, 0.1) is 6.54 Å². The average molecular weight is 372 g/mol. The lowest BCUT2D eigenvalue weighted by Crippen LogP contribution is -2.39. The topological polar surface area (TPSA) is 87.9 Å². The smallest absolute Gasteiger partial charge is 0.273 e. The third kappa shape index (κ3) is 4.85. The van der Waals surface area contributed by atoms with Crippen LogP contribution in [0.5, 0.6) is 5.75 Å². The first-order valence-electron chi connectivity index (χ1n) is 8.90. The van der Waals surface area contributed by atoms with Gasteiger partial charge >= 0.3 is 0 Å². The summed E-state index contributed by atoms with van der Waals surface area (Å²) in [4.78, 5) is 28.5. The molecule has 0 atom stereocenters. The zero-order chi connectivity index (χ0) is 19.2. The number of benzene rings is 1. The summed E-state index contributed by atoms with van der Waals surface area (Å²) in [6, 6.07) is 9.20. The molecule has 1 aromatic heterocycles. The Balaban J connectivity index is 1.59. The van der Waals surface area contributed by atoms with Crippen LogP contribution in [0, 0.1) is 0 Å². The maximum atomic E-state index is 12.5. The lowest BCUT2D eigenvalue weighted by molar-refractivity contribution is -0.134. The molecule has 0 radical (unpaired) electrons. The standard InChI is InChI=1S/C19H24N4O4/c1-22(2)11-9-20-19(25)18-15-12-23(10-8-16(15)27-21-18)17(24)13-26-14-6-4-3-5-7-14/h3-7H,8-13H2,1-2H3,(H,20,25). The molecule has 2 amide bonds. The molecular formula is C19H24N4O4. The minimum absolute atomic E-state index is 0.0466. The fraction of sp³-hybridized carbons (Fsp3) is 0.421. The third-order valence-corrected chi connectivity index (χ3v) is 4.35. The molecule has 0 saturated carbocycles. The molecule has 0 saturated heterocycles. The molecule has 3 rings (SSSR count). The summed E-state index contributed by atoms with van der Waals surface area (Å²) in [5.41, 5.74) is 0.932. The summed E-state index contributed by atoms with van der Waals surface area (Å²) in [7, 11) is 3.87. The predicted octanol–water partition coefficient (Wildman–Crippen LogP) is 0.930. The molecule has 8 nitrogen and oxygen atoms in total. The van der Waals surface area contributed by atoms with Crippen LogP contribution >= 0.6 is 0 Å². The van der Waals surface area contributed by atoms with E-state index in [1.165, 1.54) is 0 Å². The van der Waals surface area contributed by atoms with Gasteiger partial charge in [0.15, 0.2) is 12.3 Å². The van der Waals surface area contributed by atoms with Crippen molar-refractivity contribution in [3.63, 3.8) is 0 Å². The molecule has 0 aliphatic carbocycles. The van der Waals surface area contributed by atoms with E-state index in [1.54, 1.807) is 17.0 Å². The van der Waals surface area contributed by atoms with Crippen molar-refractivity contribution < 1.29 is 18.8 Å². The van der Waals surface area contributed by atoms with Crippen molar-refractivity contribution in [2.45, 2.75) is 13.0 Å². The number of nitrogens with zero attached hydrogens (tertiary/aromatic N) is 3. The van der Waals surface area contributed by atoms with Crippen molar-refractivity contribution in [3.8, 4) is 5.75 Å². The predicted molar refractivity (Wildman–Crippen MR) is 98.4 cm³/mol. The average Bonchev–Trinajstić information content (AvgIpc) is 3.10. The Hall–Kier alpha value is -2.87. The minimum atomic E-state index is -0.281. The zero-order valence-electron chi connectivity index (χ0n) is 15.6. The SMILES string of the molecule is CN(C)CCNC(=O)c1noc2c1CN(C(=O)COc1ccccc1)CC2. The van der Waals surface area contributed by atoms with Gasteiger partial charge in [-0.3, -0.25) is 9.59 Å². The number of hydrogen-bond acceptors (Lipinski definition) is 6. The van der Waals surface area contributed by atoms with Gasteiger partial charge in [0.1, 0.15) is 11.5 Å². The van der Waals surface area contributed by atoms with Crippen LogP contribution in [0.2, 0.25) is 0 Å². The van der Waals surface area contributed by atoms with Gasteiger partial charge in [-0.05, 0) is 26.2 Å². The van der Waals surface area contributed by atoms with Gasteiger partial charge in [0, 0.05) is 31.6 Å². The quantitative estimate of drug-likeness (QED) is 0.778. The molecule has 2 aromatic rings. The summed E-state index contributed by atoms with van der Waals surface area (Å²) in [6.45, 7) is 2.01. The highest BCUT2D eigenvalue weighted by Crippen LogP contribution is 2.22. The first-order chi connectivity index (χ1) is 13.0. The van der Waals surface area contributed by atoms with Crippen LogP contribution in [0.3, 0.4) is 0 Å². The van der Waals surface area contributed by atoms with E-state index in [-0.39, 0.29) is 24.1 Å². The van der Waals surface area contributed by atoms with Gasteiger partial charge in [-0.1, -0.05) is 23.4 Å². The summed E-state index contributed by atoms with van der Waals surface area (Å²) in [5, 5.41) is 6.74. The number of carbonyl (C=O) groups is 2. The van der Waals surface area contributed by atoms with E-state index in [2.05, 4.69) is 10.5 Å². The molecule has 0 spiro atoms. The fourth-order valence-electron chi connectivity index (χ4n) is 2.83. The Morgan fingerprint density at radius 1 is 1.30 bits per heavy atom. The van der Waals surface area contributed by atoms with Crippen molar-refractivity contribution in [1.29, 1.82) is 0 Å². The maximum Gasteiger partial charge on any atom is 0.273 e. The van der Waals surface area contributed by atoms with Crippen molar-refractivity contribution in [2.24, 2.45) is 0 Å². The van der Waals surface area contributed by atoms with Gasteiger partial charge in [-0.2, -0.15) is 0 Å². The molecule has 1 N–H and O–H groups in total. The number of amides is 2.